The van der Waals surface area contributed by atoms with Crippen molar-refractivity contribution in [2.45, 2.75) is 39.0 Å². The minimum atomic E-state index is 0.0831. The molecule has 0 saturated heterocycles. The SMILES string of the molecule is CC1(C)Cc2[nH]c(=O)sc2C(CCN)C1. The average Bonchev–Trinajstić information content (AvgIpc) is 2.44. The van der Waals surface area contributed by atoms with E-state index < -0.39 is 0 Å². The van der Waals surface area contributed by atoms with Gasteiger partial charge in [0.25, 0.3) is 0 Å². The van der Waals surface area contributed by atoms with Gasteiger partial charge in [-0.25, -0.2) is 0 Å². The van der Waals surface area contributed by atoms with E-state index in [9.17, 15) is 4.79 Å². The Balaban J connectivity index is 2.38. The molecule has 0 radical (unpaired) electrons. The number of nitrogens with one attached hydrogen (secondary N) is 1. The third kappa shape index (κ3) is 2.16. The molecule has 0 aliphatic heterocycles. The normalized spacial score (nSPS) is 23.8. The molecule has 0 amide bonds. The predicted molar refractivity (Wildman–Crippen MR) is 63.5 cm³/mol. The molecule has 1 aromatic rings. The smallest absolute Gasteiger partial charge is 0.304 e. The highest BCUT2D eigenvalue weighted by Crippen LogP contribution is 2.43. The summed E-state index contributed by atoms with van der Waals surface area (Å²) < 4.78 is 0. The maximum atomic E-state index is 11.3. The first-order valence-corrected chi connectivity index (χ1v) is 6.25. The molecule has 3 N–H and O–H groups in total. The minimum Gasteiger partial charge on any atom is -0.330 e. The number of fused-ring (bicyclic) bond motifs is 1. The second-order valence-corrected chi connectivity index (χ2v) is 6.19. The van der Waals surface area contributed by atoms with Gasteiger partial charge < -0.3 is 10.7 Å². The van der Waals surface area contributed by atoms with Crippen LogP contribution in [0, 0.1) is 5.41 Å². The maximum absolute atomic E-state index is 11.3. The lowest BCUT2D eigenvalue weighted by Crippen LogP contribution is -2.26. The van der Waals surface area contributed by atoms with Crippen molar-refractivity contribution in [3.63, 3.8) is 0 Å². The van der Waals surface area contributed by atoms with Gasteiger partial charge in [-0.2, -0.15) is 0 Å². The van der Waals surface area contributed by atoms with Crippen LogP contribution < -0.4 is 10.6 Å². The van der Waals surface area contributed by atoms with E-state index in [1.54, 1.807) is 0 Å². The fourth-order valence-electron chi connectivity index (χ4n) is 2.58. The van der Waals surface area contributed by atoms with Gasteiger partial charge in [0.05, 0.1) is 0 Å². The first-order valence-electron chi connectivity index (χ1n) is 5.44. The Hall–Kier alpha value is -0.610. The largest absolute Gasteiger partial charge is 0.330 e. The van der Waals surface area contributed by atoms with Gasteiger partial charge in [-0.05, 0) is 37.1 Å². The zero-order chi connectivity index (χ0) is 11.1. The molecule has 15 heavy (non-hydrogen) atoms. The molecule has 0 saturated carbocycles. The summed E-state index contributed by atoms with van der Waals surface area (Å²) in [6.45, 7) is 5.22. The van der Waals surface area contributed by atoms with Crippen LogP contribution in [0.1, 0.15) is 43.2 Å². The molecular weight excluding hydrogens is 208 g/mol. The van der Waals surface area contributed by atoms with E-state index in [1.807, 2.05) is 0 Å². The number of aromatic nitrogens is 1. The lowest BCUT2D eigenvalue weighted by molar-refractivity contribution is 0.274. The lowest BCUT2D eigenvalue weighted by Gasteiger charge is -2.34. The van der Waals surface area contributed by atoms with Gasteiger partial charge in [0, 0.05) is 10.6 Å². The van der Waals surface area contributed by atoms with Crippen LogP contribution in [0.2, 0.25) is 0 Å². The first kappa shape index (κ1) is 10.9. The molecule has 1 heterocycles. The number of hydrogen-bond acceptors (Lipinski definition) is 3. The highest BCUT2D eigenvalue weighted by Gasteiger charge is 2.33. The summed E-state index contributed by atoms with van der Waals surface area (Å²) in [7, 11) is 0. The van der Waals surface area contributed by atoms with Gasteiger partial charge in [0.2, 0.25) is 0 Å². The Morgan fingerprint density at radius 2 is 2.33 bits per heavy atom. The Morgan fingerprint density at radius 1 is 1.60 bits per heavy atom. The standard InChI is InChI=1S/C11H18N2OS/c1-11(2)5-7(3-4-12)9-8(6-11)13-10(14)15-9/h7H,3-6,12H2,1-2H3,(H,13,14). The molecule has 1 unspecified atom stereocenters. The van der Waals surface area contributed by atoms with E-state index in [2.05, 4.69) is 18.8 Å². The van der Waals surface area contributed by atoms with Gasteiger partial charge in [-0.15, -0.1) is 0 Å². The molecule has 0 fully saturated rings. The van der Waals surface area contributed by atoms with E-state index in [0.717, 1.165) is 25.0 Å². The Morgan fingerprint density at radius 3 is 3.00 bits per heavy atom. The van der Waals surface area contributed by atoms with E-state index >= 15 is 0 Å². The predicted octanol–water partition coefficient (Wildman–Crippen LogP) is 1.84. The molecule has 84 valence electrons. The number of aromatic amines is 1. The first-order chi connectivity index (χ1) is 7.02. The summed E-state index contributed by atoms with van der Waals surface area (Å²) in [6, 6.07) is 0. The van der Waals surface area contributed by atoms with Gasteiger partial charge in [-0.1, -0.05) is 25.2 Å². The van der Waals surface area contributed by atoms with Crippen molar-refractivity contribution >= 4 is 11.3 Å². The van der Waals surface area contributed by atoms with Crippen LogP contribution in [-0.4, -0.2) is 11.5 Å². The van der Waals surface area contributed by atoms with Crippen molar-refractivity contribution in [2.24, 2.45) is 11.1 Å². The molecule has 4 heteroatoms. The molecule has 0 spiro atoms. The fourth-order valence-corrected chi connectivity index (χ4v) is 3.57. The highest BCUT2D eigenvalue weighted by molar-refractivity contribution is 7.09. The lowest BCUT2D eigenvalue weighted by atomic mass is 9.73. The van der Waals surface area contributed by atoms with E-state index in [1.165, 1.54) is 16.2 Å². The highest BCUT2D eigenvalue weighted by atomic mass is 32.1. The van der Waals surface area contributed by atoms with Crippen LogP contribution in [0.25, 0.3) is 0 Å². The topological polar surface area (TPSA) is 58.9 Å². The van der Waals surface area contributed by atoms with Gasteiger partial charge >= 0.3 is 4.87 Å². The fraction of sp³-hybridized carbons (Fsp3) is 0.727. The van der Waals surface area contributed by atoms with Crippen LogP contribution in [0.3, 0.4) is 0 Å². The van der Waals surface area contributed by atoms with Crippen molar-refractivity contribution in [2.75, 3.05) is 6.54 Å². The number of H-pyrrole nitrogens is 1. The molecule has 1 aliphatic carbocycles. The van der Waals surface area contributed by atoms with E-state index in [4.69, 9.17) is 5.73 Å². The summed E-state index contributed by atoms with van der Waals surface area (Å²) >= 11 is 1.37. The molecule has 1 aliphatic rings. The third-order valence-electron chi connectivity index (χ3n) is 3.09. The van der Waals surface area contributed by atoms with E-state index in [0.29, 0.717) is 12.5 Å². The maximum Gasteiger partial charge on any atom is 0.304 e. The summed E-state index contributed by atoms with van der Waals surface area (Å²) in [5.74, 6) is 0.484. The number of nitrogens with two attached hydrogens (primary N) is 1. The quantitative estimate of drug-likeness (QED) is 0.808. The molecule has 1 aromatic heterocycles. The van der Waals surface area contributed by atoms with Crippen molar-refractivity contribution in [3.05, 3.63) is 20.2 Å². The number of hydrogen-bond donors (Lipinski definition) is 2. The summed E-state index contributed by atoms with van der Waals surface area (Å²) in [5, 5.41) is 0. The Labute approximate surface area is 93.7 Å². The van der Waals surface area contributed by atoms with Gasteiger partial charge in [0.15, 0.2) is 0 Å². The Bertz CT molecular complexity index is 405. The molecule has 3 nitrogen and oxygen atoms in total. The Kier molecular flexibility index (Phi) is 2.73. The van der Waals surface area contributed by atoms with Crippen molar-refractivity contribution in [3.8, 4) is 0 Å². The monoisotopic (exact) mass is 226 g/mol. The zero-order valence-electron chi connectivity index (χ0n) is 9.30. The van der Waals surface area contributed by atoms with Crippen LogP contribution in [-0.2, 0) is 6.42 Å². The molecule has 1 atom stereocenters. The average molecular weight is 226 g/mol. The van der Waals surface area contributed by atoms with E-state index in [-0.39, 0.29) is 10.3 Å². The molecule has 2 rings (SSSR count). The summed E-state index contributed by atoms with van der Waals surface area (Å²) in [6.07, 6.45) is 3.12. The summed E-state index contributed by atoms with van der Waals surface area (Å²) in [4.78, 5) is 15.6. The zero-order valence-corrected chi connectivity index (χ0v) is 10.1. The van der Waals surface area contributed by atoms with Crippen LogP contribution in [0.4, 0.5) is 0 Å². The van der Waals surface area contributed by atoms with Crippen LogP contribution >= 0.6 is 11.3 Å². The van der Waals surface area contributed by atoms with Crippen molar-refractivity contribution in [1.29, 1.82) is 0 Å². The summed E-state index contributed by atoms with van der Waals surface area (Å²) in [5.41, 5.74) is 7.07. The van der Waals surface area contributed by atoms with Crippen LogP contribution in [0.5, 0.6) is 0 Å². The molecule has 0 bridgehead atoms. The van der Waals surface area contributed by atoms with Gasteiger partial charge in [-0.3, -0.25) is 4.79 Å². The minimum absolute atomic E-state index is 0.0831. The van der Waals surface area contributed by atoms with Crippen molar-refractivity contribution in [1.82, 2.24) is 4.98 Å². The third-order valence-corrected chi connectivity index (χ3v) is 4.18. The number of rotatable bonds is 2. The number of thiazole rings is 1. The molecule has 0 aromatic carbocycles. The second-order valence-electron chi connectivity index (χ2n) is 5.18. The van der Waals surface area contributed by atoms with Crippen LogP contribution in [0.15, 0.2) is 4.79 Å². The second kappa shape index (κ2) is 3.76. The van der Waals surface area contributed by atoms with Crippen molar-refractivity contribution < 1.29 is 0 Å². The molecular formula is C11H18N2OS. The van der Waals surface area contributed by atoms with Gasteiger partial charge in [0.1, 0.15) is 0 Å².